The van der Waals surface area contributed by atoms with Crippen LogP contribution in [0, 0.1) is 0 Å². The normalized spacial score (nSPS) is 13.1. The van der Waals surface area contributed by atoms with Crippen LogP contribution in [-0.4, -0.2) is 58.1 Å². The third-order valence-electron chi connectivity index (χ3n) is 5.88. The summed E-state index contributed by atoms with van der Waals surface area (Å²) in [5, 5.41) is 6.09. The largest absolute Gasteiger partial charge is 0.457 e. The first-order valence-corrected chi connectivity index (χ1v) is 12.2. The summed E-state index contributed by atoms with van der Waals surface area (Å²) in [6.45, 7) is 1.99. The lowest BCUT2D eigenvalue weighted by atomic mass is 10.3. The van der Waals surface area contributed by atoms with Crippen molar-refractivity contribution in [2.24, 2.45) is 7.05 Å². The van der Waals surface area contributed by atoms with E-state index in [1.165, 1.54) is 4.90 Å². The minimum absolute atomic E-state index is 0.119. The highest BCUT2D eigenvalue weighted by Gasteiger charge is 2.20. The minimum atomic E-state index is -0.119. The highest BCUT2D eigenvalue weighted by molar-refractivity contribution is 9.10. The number of aromatic nitrogens is 3. The zero-order valence-electron chi connectivity index (χ0n) is 19.5. The number of hydrogen-bond acceptors (Lipinski definition) is 6. The lowest BCUT2D eigenvalue weighted by Gasteiger charge is -2.20. The van der Waals surface area contributed by atoms with Crippen LogP contribution >= 0.6 is 15.9 Å². The number of nitrogens with zero attached hydrogens (tertiary/aromatic N) is 5. The maximum absolute atomic E-state index is 11.7. The summed E-state index contributed by atoms with van der Waals surface area (Å²) >= 11 is 3.45. The highest BCUT2D eigenvalue weighted by atomic mass is 79.9. The van der Waals surface area contributed by atoms with E-state index in [2.05, 4.69) is 31.5 Å². The molecule has 3 heterocycles. The van der Waals surface area contributed by atoms with Crippen molar-refractivity contribution in [1.82, 2.24) is 24.8 Å². The first-order valence-electron chi connectivity index (χ1n) is 11.4. The standard InChI is InChI=1S/C25H24BrN7O3/c1-31-22-7-6-19(14-21(22)30-24(31)29-18-4-2-17(26)3-5-18)36-20-8-9-27-23(15-20)33(16-34)13-12-32-11-10-28-25(32)35/h2-9,14-16H,10-13H2,1H3,(H,28,35)(H,29,30). The molecule has 2 N–H and O–H groups in total. The second kappa shape index (κ2) is 10.2. The van der Waals surface area contributed by atoms with Crippen LogP contribution in [0.15, 0.2) is 65.3 Å². The molecule has 10 nitrogen and oxygen atoms in total. The number of amides is 3. The molecule has 0 bridgehead atoms. The van der Waals surface area contributed by atoms with Gasteiger partial charge in [-0.3, -0.25) is 9.69 Å². The summed E-state index contributed by atoms with van der Waals surface area (Å²) in [7, 11) is 1.95. The SMILES string of the molecule is Cn1c(Nc2ccc(Br)cc2)nc2cc(Oc3ccnc(N(C=O)CCN4CCNC4=O)c3)ccc21. The monoisotopic (exact) mass is 549 g/mol. The molecule has 5 rings (SSSR count). The van der Waals surface area contributed by atoms with Gasteiger partial charge < -0.3 is 24.8 Å². The average Bonchev–Trinajstić information content (AvgIpc) is 3.43. The molecule has 2 aromatic carbocycles. The second-order valence-corrected chi connectivity index (χ2v) is 9.16. The molecule has 36 heavy (non-hydrogen) atoms. The fourth-order valence-electron chi connectivity index (χ4n) is 3.95. The molecule has 0 radical (unpaired) electrons. The Balaban J connectivity index is 1.30. The Kier molecular flexibility index (Phi) is 6.72. The van der Waals surface area contributed by atoms with E-state index in [-0.39, 0.29) is 6.03 Å². The topological polar surface area (TPSA) is 105 Å². The lowest BCUT2D eigenvalue weighted by molar-refractivity contribution is -0.107. The molecular weight excluding hydrogens is 526 g/mol. The van der Waals surface area contributed by atoms with Crippen molar-refractivity contribution in [3.63, 3.8) is 0 Å². The predicted molar refractivity (Wildman–Crippen MR) is 141 cm³/mol. The number of benzene rings is 2. The molecule has 0 spiro atoms. The number of anilines is 3. The lowest BCUT2D eigenvalue weighted by Crippen LogP contribution is -2.36. The van der Waals surface area contributed by atoms with Gasteiger partial charge in [0.1, 0.15) is 17.3 Å². The van der Waals surface area contributed by atoms with Crippen molar-refractivity contribution in [2.45, 2.75) is 0 Å². The van der Waals surface area contributed by atoms with Gasteiger partial charge in [-0.2, -0.15) is 0 Å². The number of carbonyl (C=O) groups is 2. The van der Waals surface area contributed by atoms with Crippen LogP contribution < -0.4 is 20.3 Å². The number of pyridine rings is 1. The number of urea groups is 1. The minimum Gasteiger partial charge on any atom is -0.457 e. The van der Waals surface area contributed by atoms with E-state index in [4.69, 9.17) is 9.72 Å². The third kappa shape index (κ3) is 5.10. The zero-order valence-corrected chi connectivity index (χ0v) is 21.1. The van der Waals surface area contributed by atoms with E-state index in [0.717, 1.165) is 21.2 Å². The average molecular weight is 550 g/mol. The third-order valence-corrected chi connectivity index (χ3v) is 6.41. The van der Waals surface area contributed by atoms with Gasteiger partial charge in [0.25, 0.3) is 0 Å². The summed E-state index contributed by atoms with van der Waals surface area (Å²) in [5.74, 6) is 2.31. The van der Waals surface area contributed by atoms with Gasteiger partial charge in [-0.05, 0) is 42.5 Å². The fourth-order valence-corrected chi connectivity index (χ4v) is 4.21. The van der Waals surface area contributed by atoms with E-state index < -0.39 is 0 Å². The molecule has 1 aliphatic heterocycles. The molecule has 4 aromatic rings. The van der Waals surface area contributed by atoms with Crippen molar-refractivity contribution in [3.8, 4) is 11.5 Å². The van der Waals surface area contributed by atoms with Crippen LogP contribution in [0.3, 0.4) is 0 Å². The molecule has 1 aliphatic rings. The number of rotatable bonds is 9. The predicted octanol–water partition coefficient (Wildman–Crippen LogP) is 4.25. The second-order valence-electron chi connectivity index (χ2n) is 8.25. The van der Waals surface area contributed by atoms with Gasteiger partial charge in [-0.1, -0.05) is 15.9 Å². The van der Waals surface area contributed by atoms with E-state index in [9.17, 15) is 9.59 Å². The number of imidazole rings is 1. The highest BCUT2D eigenvalue weighted by Crippen LogP contribution is 2.29. The maximum Gasteiger partial charge on any atom is 0.317 e. The molecule has 0 atom stereocenters. The van der Waals surface area contributed by atoms with Gasteiger partial charge in [-0.15, -0.1) is 0 Å². The Bertz CT molecular complexity index is 1410. The summed E-state index contributed by atoms with van der Waals surface area (Å²) in [4.78, 5) is 35.6. The number of carbonyl (C=O) groups excluding carboxylic acids is 2. The van der Waals surface area contributed by atoms with Crippen LogP contribution in [0.4, 0.5) is 22.2 Å². The summed E-state index contributed by atoms with van der Waals surface area (Å²) in [5.41, 5.74) is 2.67. The Morgan fingerprint density at radius 1 is 1.17 bits per heavy atom. The zero-order chi connectivity index (χ0) is 25.1. The molecular formula is C25H24BrN7O3. The molecule has 0 aliphatic carbocycles. The van der Waals surface area contributed by atoms with Crippen molar-refractivity contribution in [1.29, 1.82) is 0 Å². The van der Waals surface area contributed by atoms with Crippen LogP contribution in [0.5, 0.6) is 11.5 Å². The molecule has 3 amide bonds. The molecule has 0 unspecified atom stereocenters. The van der Waals surface area contributed by atoms with E-state index in [1.54, 1.807) is 23.2 Å². The molecule has 1 fully saturated rings. The van der Waals surface area contributed by atoms with Gasteiger partial charge in [0, 0.05) is 61.7 Å². The van der Waals surface area contributed by atoms with Gasteiger partial charge in [0.15, 0.2) is 0 Å². The fraction of sp³-hybridized carbons (Fsp3) is 0.200. The first-order chi connectivity index (χ1) is 17.5. The summed E-state index contributed by atoms with van der Waals surface area (Å²) in [6, 6.07) is 16.9. The number of ether oxygens (including phenoxy) is 1. The van der Waals surface area contributed by atoms with E-state index >= 15 is 0 Å². The van der Waals surface area contributed by atoms with Crippen LogP contribution in [0.2, 0.25) is 0 Å². The summed E-state index contributed by atoms with van der Waals surface area (Å²) < 4.78 is 9.05. The smallest absolute Gasteiger partial charge is 0.317 e. The Morgan fingerprint density at radius 2 is 1.97 bits per heavy atom. The van der Waals surface area contributed by atoms with Crippen LogP contribution in [-0.2, 0) is 11.8 Å². The Hall–Kier alpha value is -4.12. The molecule has 184 valence electrons. The van der Waals surface area contributed by atoms with Crippen LogP contribution in [0.25, 0.3) is 11.0 Å². The Labute approximate surface area is 216 Å². The van der Waals surface area contributed by atoms with Crippen molar-refractivity contribution >= 4 is 56.9 Å². The quantitative estimate of drug-likeness (QED) is 0.302. The molecule has 2 aromatic heterocycles. The number of aryl methyl sites for hydroxylation is 1. The van der Waals surface area contributed by atoms with Gasteiger partial charge in [0.05, 0.1) is 11.0 Å². The van der Waals surface area contributed by atoms with Crippen molar-refractivity contribution < 1.29 is 14.3 Å². The van der Waals surface area contributed by atoms with Crippen molar-refractivity contribution in [2.75, 3.05) is 36.4 Å². The molecule has 0 saturated carbocycles. The number of halogens is 1. The number of nitrogens with one attached hydrogen (secondary N) is 2. The van der Waals surface area contributed by atoms with Gasteiger partial charge in [0.2, 0.25) is 12.4 Å². The first kappa shape index (κ1) is 23.6. The van der Waals surface area contributed by atoms with Gasteiger partial charge >= 0.3 is 6.03 Å². The molecule has 1 saturated heterocycles. The van der Waals surface area contributed by atoms with E-state index in [0.29, 0.717) is 55.9 Å². The van der Waals surface area contributed by atoms with Gasteiger partial charge in [-0.25, -0.2) is 14.8 Å². The van der Waals surface area contributed by atoms with E-state index in [1.807, 2.05) is 54.1 Å². The molecule has 11 heteroatoms. The number of hydrogen-bond donors (Lipinski definition) is 2. The maximum atomic E-state index is 11.7. The number of fused-ring (bicyclic) bond motifs is 1. The Morgan fingerprint density at radius 3 is 2.72 bits per heavy atom. The van der Waals surface area contributed by atoms with Crippen molar-refractivity contribution in [3.05, 3.63) is 65.3 Å². The summed E-state index contributed by atoms with van der Waals surface area (Å²) in [6.07, 6.45) is 2.29. The van der Waals surface area contributed by atoms with Crippen LogP contribution in [0.1, 0.15) is 0 Å².